The molecule has 0 fully saturated rings. The van der Waals surface area contributed by atoms with Crippen LogP contribution in [0.3, 0.4) is 0 Å². The Hall–Kier alpha value is -1.77. The summed E-state index contributed by atoms with van der Waals surface area (Å²) in [4.78, 5) is 0. The standard InChI is InChI=1S/C14H15F13N3/c1-2-3-5-30-8-29(7-28-30)6-4-9(15,16)10(17,18)11(19,20)12(21,22)13(23,24)14(25,26)27/h7-8H,2-6H2,1H3/q+1. The van der Waals surface area contributed by atoms with Crippen LogP contribution in [0.25, 0.3) is 0 Å². The third-order valence-corrected chi connectivity index (χ3v) is 4.05. The molecule has 0 bridgehead atoms. The fraction of sp³-hybridized carbons (Fsp3) is 0.857. The van der Waals surface area contributed by atoms with Crippen molar-refractivity contribution >= 4 is 0 Å². The Kier molecular flexibility index (Phi) is 7.05. The number of aryl methyl sites for hydroxylation is 2. The second kappa shape index (κ2) is 8.05. The van der Waals surface area contributed by atoms with E-state index in [1.54, 1.807) is 6.92 Å². The normalized spacial score (nSPS) is 15.0. The second-order valence-electron chi connectivity index (χ2n) is 6.35. The molecule has 0 saturated carbocycles. The highest BCUT2D eigenvalue weighted by Gasteiger charge is 2.90. The maximum absolute atomic E-state index is 13.7. The average molecular weight is 472 g/mol. The maximum Gasteiger partial charge on any atom is 0.460 e. The predicted octanol–water partition coefficient (Wildman–Crippen LogP) is 5.10. The van der Waals surface area contributed by atoms with Crippen LogP contribution < -0.4 is 4.57 Å². The first-order chi connectivity index (χ1) is 13.3. The predicted molar refractivity (Wildman–Crippen MR) is 72.7 cm³/mol. The van der Waals surface area contributed by atoms with Crippen molar-refractivity contribution in [3.8, 4) is 0 Å². The largest absolute Gasteiger partial charge is 0.460 e. The Morgan fingerprint density at radius 1 is 0.767 bits per heavy atom. The third kappa shape index (κ3) is 4.31. The minimum Gasteiger partial charge on any atom is -0.237 e. The van der Waals surface area contributed by atoms with Crippen LogP contribution in [0.1, 0.15) is 26.2 Å². The highest BCUT2D eigenvalue weighted by molar-refractivity contribution is 5.09. The van der Waals surface area contributed by atoms with Crippen LogP contribution in [0.5, 0.6) is 0 Å². The lowest BCUT2D eigenvalue weighted by atomic mass is 9.92. The van der Waals surface area contributed by atoms with E-state index >= 15 is 0 Å². The Morgan fingerprint density at radius 3 is 1.73 bits per heavy atom. The van der Waals surface area contributed by atoms with Crippen LogP contribution in [0, 0.1) is 0 Å². The van der Waals surface area contributed by atoms with Gasteiger partial charge in [-0.2, -0.15) is 57.1 Å². The fourth-order valence-corrected chi connectivity index (χ4v) is 2.14. The lowest BCUT2D eigenvalue weighted by molar-refractivity contribution is -0.701. The topological polar surface area (TPSA) is 21.7 Å². The number of hydrogen-bond acceptors (Lipinski definition) is 1. The number of rotatable bonds is 10. The smallest absolute Gasteiger partial charge is 0.237 e. The van der Waals surface area contributed by atoms with Crippen LogP contribution >= 0.6 is 0 Å². The van der Waals surface area contributed by atoms with Crippen LogP contribution in [0.2, 0.25) is 0 Å². The quantitative estimate of drug-likeness (QED) is 0.343. The molecule has 1 aromatic heterocycles. The molecule has 1 heterocycles. The van der Waals surface area contributed by atoms with Crippen molar-refractivity contribution in [2.45, 2.75) is 75.1 Å². The summed E-state index contributed by atoms with van der Waals surface area (Å²) in [5, 5.41) is 3.62. The summed E-state index contributed by atoms with van der Waals surface area (Å²) in [7, 11) is 0. The molecule has 0 atom stereocenters. The average Bonchev–Trinajstić information content (AvgIpc) is 3.04. The van der Waals surface area contributed by atoms with Gasteiger partial charge in [-0.1, -0.05) is 13.3 Å². The number of unbranched alkanes of at least 4 members (excludes halogenated alkanes) is 1. The van der Waals surface area contributed by atoms with E-state index in [9.17, 15) is 57.1 Å². The van der Waals surface area contributed by atoms with Gasteiger partial charge >= 0.3 is 35.8 Å². The zero-order chi connectivity index (χ0) is 23.8. The van der Waals surface area contributed by atoms with Crippen LogP contribution in [-0.2, 0) is 13.1 Å². The van der Waals surface area contributed by atoms with E-state index in [1.165, 1.54) is 0 Å². The summed E-state index contributed by atoms with van der Waals surface area (Å²) in [6.45, 7) is 0.858. The Bertz CT molecular complexity index is 708. The Balaban J connectivity index is 3.12. The van der Waals surface area contributed by atoms with Gasteiger partial charge in [0.05, 0.1) is 6.54 Å². The first kappa shape index (κ1) is 26.3. The summed E-state index contributed by atoms with van der Waals surface area (Å²) in [6, 6.07) is 0. The molecule has 0 aromatic carbocycles. The van der Waals surface area contributed by atoms with Crippen molar-refractivity contribution in [3.63, 3.8) is 0 Å². The zero-order valence-electron chi connectivity index (χ0n) is 14.9. The highest BCUT2D eigenvalue weighted by atomic mass is 19.4. The van der Waals surface area contributed by atoms with Gasteiger partial charge in [-0.05, 0) is 6.42 Å². The van der Waals surface area contributed by atoms with Crippen molar-refractivity contribution in [2.24, 2.45) is 0 Å². The molecule has 0 aliphatic rings. The molecule has 0 aliphatic carbocycles. The van der Waals surface area contributed by atoms with E-state index in [0.29, 0.717) is 17.4 Å². The molecule has 0 amide bonds. The molecule has 0 unspecified atom stereocenters. The first-order valence-corrected chi connectivity index (χ1v) is 8.13. The SMILES string of the molecule is CCCCn1c[n+](CCC(F)(F)C(F)(F)C(F)(F)C(F)(F)C(F)(F)C(F)(F)F)cn1. The van der Waals surface area contributed by atoms with Gasteiger partial charge in [-0.3, -0.25) is 0 Å². The van der Waals surface area contributed by atoms with Crippen LogP contribution in [0.4, 0.5) is 57.1 Å². The maximum atomic E-state index is 13.7. The molecule has 1 rings (SSSR count). The molecule has 3 nitrogen and oxygen atoms in total. The van der Waals surface area contributed by atoms with Gasteiger partial charge in [0.15, 0.2) is 0 Å². The molecule has 0 aliphatic heterocycles. The van der Waals surface area contributed by atoms with Gasteiger partial charge in [0.2, 0.25) is 6.33 Å². The molecular formula is C14H15F13N3+. The molecule has 16 heteroatoms. The van der Waals surface area contributed by atoms with Gasteiger partial charge < -0.3 is 0 Å². The van der Waals surface area contributed by atoms with E-state index in [0.717, 1.165) is 17.3 Å². The van der Waals surface area contributed by atoms with E-state index in [-0.39, 0.29) is 6.54 Å². The minimum atomic E-state index is -7.87. The van der Waals surface area contributed by atoms with Crippen molar-refractivity contribution in [3.05, 3.63) is 12.7 Å². The fourth-order valence-electron chi connectivity index (χ4n) is 2.14. The number of aromatic nitrogens is 3. The monoisotopic (exact) mass is 472 g/mol. The lowest BCUT2D eigenvalue weighted by Gasteiger charge is -2.39. The lowest BCUT2D eigenvalue weighted by Crippen LogP contribution is -2.70. The van der Waals surface area contributed by atoms with Gasteiger partial charge in [0, 0.05) is 11.5 Å². The van der Waals surface area contributed by atoms with Crippen molar-refractivity contribution < 1.29 is 61.6 Å². The van der Waals surface area contributed by atoms with E-state index < -0.39 is 48.8 Å². The third-order valence-electron chi connectivity index (χ3n) is 4.05. The number of halogens is 13. The number of alkyl halides is 13. The van der Waals surface area contributed by atoms with E-state index in [1.807, 2.05) is 0 Å². The summed E-state index contributed by atoms with van der Waals surface area (Å²) in [6.07, 6.45) is -6.62. The van der Waals surface area contributed by atoms with Gasteiger partial charge in [0.1, 0.15) is 6.54 Å². The van der Waals surface area contributed by atoms with Crippen LogP contribution in [-0.4, -0.2) is 45.6 Å². The molecule has 0 spiro atoms. The Morgan fingerprint density at radius 2 is 1.27 bits per heavy atom. The summed E-state index contributed by atoms with van der Waals surface area (Å²) >= 11 is 0. The zero-order valence-corrected chi connectivity index (χ0v) is 14.9. The second-order valence-corrected chi connectivity index (χ2v) is 6.35. The minimum absolute atomic E-state index is 0.271. The van der Waals surface area contributed by atoms with E-state index in [2.05, 4.69) is 5.10 Å². The molecule has 0 N–H and O–H groups in total. The van der Waals surface area contributed by atoms with Crippen molar-refractivity contribution in [2.75, 3.05) is 0 Å². The summed E-state index contributed by atoms with van der Waals surface area (Å²) in [5.41, 5.74) is 0. The van der Waals surface area contributed by atoms with Gasteiger partial charge in [0.25, 0.3) is 6.33 Å². The first-order valence-electron chi connectivity index (χ1n) is 8.13. The highest BCUT2D eigenvalue weighted by Crippen LogP contribution is 2.60. The number of nitrogens with zero attached hydrogens (tertiary/aromatic N) is 3. The summed E-state index contributed by atoms with van der Waals surface area (Å²) in [5.74, 6) is -36.7. The molecule has 0 radical (unpaired) electrons. The molecular weight excluding hydrogens is 457 g/mol. The van der Waals surface area contributed by atoms with E-state index in [4.69, 9.17) is 0 Å². The molecule has 1 aromatic rings. The van der Waals surface area contributed by atoms with Gasteiger partial charge in [-0.15, -0.1) is 4.68 Å². The molecule has 176 valence electrons. The van der Waals surface area contributed by atoms with Crippen molar-refractivity contribution in [1.82, 2.24) is 9.78 Å². The van der Waals surface area contributed by atoms with Crippen molar-refractivity contribution in [1.29, 1.82) is 0 Å². The van der Waals surface area contributed by atoms with Crippen LogP contribution in [0.15, 0.2) is 12.7 Å². The number of hydrogen-bond donors (Lipinski definition) is 0. The molecule has 0 saturated heterocycles. The van der Waals surface area contributed by atoms with Gasteiger partial charge in [-0.25, -0.2) is 4.57 Å². The summed E-state index contributed by atoms with van der Waals surface area (Å²) < 4.78 is 171. The molecule has 30 heavy (non-hydrogen) atoms. The Labute approximate surface area is 160 Å².